The molecule has 1 aromatic carbocycles. The second kappa shape index (κ2) is 8.09. The van der Waals surface area contributed by atoms with Gasteiger partial charge in [-0.3, -0.25) is 9.69 Å². The molecule has 1 aliphatic rings. The Balaban J connectivity index is 1.68. The van der Waals surface area contributed by atoms with Gasteiger partial charge in [0.1, 0.15) is 0 Å². The Morgan fingerprint density at radius 2 is 1.75 bits per heavy atom. The standard InChI is InChI=1S/C15H21NO6S2/c17-15(13-16-7-11-23(18,19)12-8-16)22-9-4-10-24(20,21)14-5-2-1-3-6-14/h1-3,5-6H,4,7-13H2. The van der Waals surface area contributed by atoms with E-state index in [2.05, 4.69) is 0 Å². The number of esters is 1. The number of ether oxygens (including phenoxy) is 1. The molecule has 0 unspecified atom stereocenters. The van der Waals surface area contributed by atoms with Crippen LogP contribution in [0.1, 0.15) is 6.42 Å². The number of sulfone groups is 2. The van der Waals surface area contributed by atoms with Crippen molar-refractivity contribution in [2.24, 2.45) is 0 Å². The molecule has 0 atom stereocenters. The smallest absolute Gasteiger partial charge is 0.320 e. The molecule has 0 radical (unpaired) electrons. The number of benzene rings is 1. The lowest BCUT2D eigenvalue weighted by atomic mass is 10.4. The predicted molar refractivity (Wildman–Crippen MR) is 89.2 cm³/mol. The molecule has 0 saturated carbocycles. The SMILES string of the molecule is O=C(CN1CCS(=O)(=O)CC1)OCCCS(=O)(=O)c1ccccc1. The molecule has 9 heteroatoms. The van der Waals surface area contributed by atoms with Gasteiger partial charge in [0.2, 0.25) is 0 Å². The van der Waals surface area contributed by atoms with Gasteiger partial charge in [-0.1, -0.05) is 18.2 Å². The highest BCUT2D eigenvalue weighted by atomic mass is 32.2. The van der Waals surface area contributed by atoms with Crippen LogP contribution < -0.4 is 0 Å². The maximum atomic E-state index is 12.0. The Bertz CT molecular complexity index is 744. The molecule has 0 spiro atoms. The second-order valence-electron chi connectivity index (χ2n) is 5.63. The van der Waals surface area contributed by atoms with Gasteiger partial charge in [-0.25, -0.2) is 16.8 Å². The van der Waals surface area contributed by atoms with Gasteiger partial charge < -0.3 is 4.74 Å². The minimum absolute atomic E-state index is 0.0248. The van der Waals surface area contributed by atoms with Crippen LogP contribution in [0.25, 0.3) is 0 Å². The van der Waals surface area contributed by atoms with Gasteiger partial charge in [0.25, 0.3) is 0 Å². The summed E-state index contributed by atoms with van der Waals surface area (Å²) in [6.45, 7) is 0.692. The quantitative estimate of drug-likeness (QED) is 0.493. The molecule has 1 aliphatic heterocycles. The molecule has 0 N–H and O–H groups in total. The zero-order chi connectivity index (χ0) is 17.6. The van der Waals surface area contributed by atoms with E-state index in [0.717, 1.165) is 0 Å². The van der Waals surface area contributed by atoms with Crippen molar-refractivity contribution in [1.29, 1.82) is 0 Å². The predicted octanol–water partition coefficient (Wildman–Crippen LogP) is 0.124. The van der Waals surface area contributed by atoms with E-state index in [0.29, 0.717) is 13.1 Å². The van der Waals surface area contributed by atoms with Crippen LogP contribution in [0.3, 0.4) is 0 Å². The van der Waals surface area contributed by atoms with E-state index in [4.69, 9.17) is 4.74 Å². The van der Waals surface area contributed by atoms with Gasteiger partial charge in [-0.15, -0.1) is 0 Å². The fourth-order valence-electron chi connectivity index (χ4n) is 2.32. The van der Waals surface area contributed by atoms with Crippen LogP contribution in [-0.4, -0.2) is 71.2 Å². The number of rotatable bonds is 7. The molecular formula is C15H21NO6S2. The van der Waals surface area contributed by atoms with Crippen LogP contribution in [0.2, 0.25) is 0 Å². The van der Waals surface area contributed by atoms with Crippen molar-refractivity contribution in [3.63, 3.8) is 0 Å². The highest BCUT2D eigenvalue weighted by Crippen LogP contribution is 2.11. The minimum atomic E-state index is -3.37. The molecule has 1 fully saturated rings. The molecule has 0 amide bonds. The monoisotopic (exact) mass is 375 g/mol. The van der Waals surface area contributed by atoms with E-state index in [1.54, 1.807) is 23.1 Å². The van der Waals surface area contributed by atoms with E-state index in [1.807, 2.05) is 0 Å². The summed E-state index contributed by atoms with van der Waals surface area (Å²) in [6.07, 6.45) is 0.220. The summed E-state index contributed by atoms with van der Waals surface area (Å²) < 4.78 is 51.7. The molecule has 24 heavy (non-hydrogen) atoms. The molecule has 1 heterocycles. The Hall–Kier alpha value is -1.45. The van der Waals surface area contributed by atoms with Crippen molar-refractivity contribution < 1.29 is 26.4 Å². The highest BCUT2D eigenvalue weighted by molar-refractivity contribution is 7.91. The van der Waals surface area contributed by atoms with E-state index in [1.165, 1.54) is 12.1 Å². The minimum Gasteiger partial charge on any atom is -0.465 e. The topological polar surface area (TPSA) is 97.8 Å². The molecule has 7 nitrogen and oxygen atoms in total. The van der Waals surface area contributed by atoms with E-state index >= 15 is 0 Å². The number of carbonyl (C=O) groups is 1. The number of nitrogens with zero attached hydrogens (tertiary/aromatic N) is 1. The van der Waals surface area contributed by atoms with Gasteiger partial charge in [-0.05, 0) is 18.6 Å². The van der Waals surface area contributed by atoms with Crippen molar-refractivity contribution in [3.05, 3.63) is 30.3 Å². The lowest BCUT2D eigenvalue weighted by Gasteiger charge is -2.25. The van der Waals surface area contributed by atoms with Gasteiger partial charge in [-0.2, -0.15) is 0 Å². The Morgan fingerprint density at radius 1 is 1.12 bits per heavy atom. The van der Waals surface area contributed by atoms with Crippen molar-refractivity contribution in [2.75, 3.05) is 43.5 Å². The summed E-state index contributed by atoms with van der Waals surface area (Å²) >= 11 is 0. The van der Waals surface area contributed by atoms with Crippen molar-refractivity contribution in [2.45, 2.75) is 11.3 Å². The highest BCUT2D eigenvalue weighted by Gasteiger charge is 2.23. The van der Waals surface area contributed by atoms with Crippen molar-refractivity contribution in [1.82, 2.24) is 4.90 Å². The zero-order valence-corrected chi connectivity index (χ0v) is 14.9. The third-order valence-corrected chi connectivity index (χ3v) is 7.14. The first-order valence-electron chi connectivity index (χ1n) is 7.65. The molecule has 0 aliphatic carbocycles. The van der Waals surface area contributed by atoms with Crippen molar-refractivity contribution >= 4 is 25.6 Å². The number of hydrogen-bond donors (Lipinski definition) is 0. The van der Waals surface area contributed by atoms with E-state index in [9.17, 15) is 21.6 Å². The molecule has 2 rings (SSSR count). The molecule has 134 valence electrons. The molecule has 1 aromatic rings. The van der Waals surface area contributed by atoms with E-state index < -0.39 is 25.6 Å². The first-order valence-corrected chi connectivity index (χ1v) is 11.1. The van der Waals surface area contributed by atoms with Gasteiger partial charge in [0, 0.05) is 13.1 Å². The fourth-order valence-corrected chi connectivity index (χ4v) is 4.90. The second-order valence-corrected chi connectivity index (χ2v) is 10.0. The van der Waals surface area contributed by atoms with Gasteiger partial charge in [0.05, 0.1) is 35.3 Å². The zero-order valence-electron chi connectivity index (χ0n) is 13.3. The van der Waals surface area contributed by atoms with Crippen LogP contribution in [0.15, 0.2) is 35.2 Å². The van der Waals surface area contributed by atoms with Crippen LogP contribution in [0.5, 0.6) is 0 Å². The summed E-state index contributed by atoms with van der Waals surface area (Å²) in [5.41, 5.74) is 0. The summed E-state index contributed by atoms with van der Waals surface area (Å²) in [5, 5.41) is 0. The number of hydrogen-bond acceptors (Lipinski definition) is 7. The third-order valence-electron chi connectivity index (χ3n) is 3.71. The largest absolute Gasteiger partial charge is 0.465 e. The maximum Gasteiger partial charge on any atom is 0.320 e. The van der Waals surface area contributed by atoms with Gasteiger partial charge >= 0.3 is 5.97 Å². The molecule has 0 aromatic heterocycles. The number of carbonyl (C=O) groups excluding carboxylic acids is 1. The lowest BCUT2D eigenvalue weighted by molar-refractivity contribution is -0.144. The fraction of sp³-hybridized carbons (Fsp3) is 0.533. The average Bonchev–Trinajstić information content (AvgIpc) is 2.54. The normalized spacial score (nSPS) is 18.2. The van der Waals surface area contributed by atoms with Crippen LogP contribution in [-0.2, 0) is 29.2 Å². The Kier molecular flexibility index (Phi) is 6.36. The first-order chi connectivity index (χ1) is 11.3. The molecule has 0 bridgehead atoms. The van der Waals surface area contributed by atoms with E-state index in [-0.39, 0.29) is 41.7 Å². The lowest BCUT2D eigenvalue weighted by Crippen LogP contribution is -2.43. The molecule has 1 saturated heterocycles. The summed E-state index contributed by atoms with van der Waals surface area (Å²) in [7, 11) is -6.34. The summed E-state index contributed by atoms with van der Waals surface area (Å²) in [5.74, 6) is -0.455. The van der Waals surface area contributed by atoms with Crippen LogP contribution in [0.4, 0.5) is 0 Å². The average molecular weight is 375 g/mol. The summed E-state index contributed by atoms with van der Waals surface area (Å²) in [6, 6.07) is 8.13. The van der Waals surface area contributed by atoms with Gasteiger partial charge in [0.15, 0.2) is 19.7 Å². The summed E-state index contributed by atoms with van der Waals surface area (Å²) in [4.78, 5) is 13.7. The first kappa shape index (κ1) is 18.9. The Morgan fingerprint density at radius 3 is 2.38 bits per heavy atom. The third kappa shape index (κ3) is 5.88. The van der Waals surface area contributed by atoms with Crippen LogP contribution in [0, 0.1) is 0 Å². The van der Waals surface area contributed by atoms with Crippen molar-refractivity contribution in [3.8, 4) is 0 Å². The van der Waals surface area contributed by atoms with Crippen LogP contribution >= 0.6 is 0 Å². The Labute approximate surface area is 142 Å². The maximum absolute atomic E-state index is 12.0. The molecular weight excluding hydrogens is 354 g/mol.